The molecule has 6 aromatic carbocycles. The zero-order valence-corrected chi connectivity index (χ0v) is 24.8. The monoisotopic (exact) mass is 584 g/mol. The van der Waals surface area contributed by atoms with E-state index in [0.717, 1.165) is 0 Å². The predicted molar refractivity (Wildman–Crippen MR) is 193 cm³/mol. The summed E-state index contributed by atoms with van der Waals surface area (Å²) in [6, 6.07) is 51.1. The molecule has 0 radical (unpaired) electrons. The number of para-hydroxylation sites is 5. The summed E-state index contributed by atoms with van der Waals surface area (Å²) in [7, 11) is 0. The molecule has 0 N–H and O–H groups in total. The quantitative estimate of drug-likeness (QED) is 0.188. The van der Waals surface area contributed by atoms with Crippen molar-refractivity contribution in [1.82, 2.24) is 18.6 Å². The van der Waals surface area contributed by atoms with Gasteiger partial charge in [-0.3, -0.25) is 4.98 Å². The maximum Gasteiger partial charge on any atom is 0.332 e. The highest BCUT2D eigenvalue weighted by molar-refractivity contribution is 6.88. The van der Waals surface area contributed by atoms with Gasteiger partial charge in [0.25, 0.3) is 0 Å². The van der Waals surface area contributed by atoms with Crippen molar-refractivity contribution < 1.29 is 0 Å². The standard InChI is InChI=1S/C41H25BN4/c1-2-11-26(12-3-1)44-34-18-7-5-14-30(34)39-38(44)22-21-29-27-13-4-8-19-36(27)46(41(29)39)42-32-16-6-9-20-37(32)45-35-23-24-43-25-31(35)28-15-10-17-33(42)40(28)45/h1-25H. The average molecular weight is 584 g/mol. The van der Waals surface area contributed by atoms with Gasteiger partial charge >= 0.3 is 6.85 Å². The molecule has 0 atom stereocenters. The van der Waals surface area contributed by atoms with Crippen LogP contribution in [0.4, 0.5) is 0 Å². The van der Waals surface area contributed by atoms with Crippen molar-refractivity contribution >= 4 is 83.2 Å². The molecular formula is C41H25BN4. The van der Waals surface area contributed by atoms with Gasteiger partial charge in [-0.1, -0.05) is 97.1 Å². The van der Waals surface area contributed by atoms with Gasteiger partial charge in [0, 0.05) is 67.1 Å². The number of pyridine rings is 1. The van der Waals surface area contributed by atoms with E-state index in [0.29, 0.717) is 0 Å². The van der Waals surface area contributed by atoms with Crippen molar-refractivity contribution in [3.63, 3.8) is 0 Å². The number of hydrogen-bond donors (Lipinski definition) is 0. The first-order chi connectivity index (χ1) is 22.9. The van der Waals surface area contributed by atoms with Gasteiger partial charge in [0.05, 0.1) is 22.1 Å². The molecule has 5 heteroatoms. The summed E-state index contributed by atoms with van der Waals surface area (Å²) < 4.78 is 7.52. The molecule has 0 saturated heterocycles. The molecule has 5 heterocycles. The van der Waals surface area contributed by atoms with Crippen molar-refractivity contribution in [2.24, 2.45) is 0 Å². The third-order valence-electron chi connectivity index (χ3n) is 10.2. The maximum atomic E-state index is 4.54. The van der Waals surface area contributed by atoms with Crippen LogP contribution in [0.5, 0.6) is 0 Å². The third kappa shape index (κ3) is 2.93. The molecule has 4 nitrogen and oxygen atoms in total. The minimum absolute atomic E-state index is 0.0310. The largest absolute Gasteiger partial charge is 0.375 e. The average Bonchev–Trinajstić information content (AvgIpc) is 3.76. The molecule has 212 valence electrons. The fourth-order valence-corrected chi connectivity index (χ4v) is 8.44. The first-order valence-electron chi connectivity index (χ1n) is 15.8. The van der Waals surface area contributed by atoms with Crippen LogP contribution < -0.4 is 10.9 Å². The van der Waals surface area contributed by atoms with E-state index in [1.54, 1.807) is 0 Å². The normalized spacial score (nSPS) is 12.7. The molecular weight excluding hydrogens is 559 g/mol. The minimum Gasteiger partial charge on any atom is -0.375 e. The van der Waals surface area contributed by atoms with Crippen LogP contribution >= 0.6 is 0 Å². The minimum atomic E-state index is -0.0310. The Kier molecular flexibility index (Phi) is 4.63. The van der Waals surface area contributed by atoms with Crippen LogP contribution in [0.15, 0.2) is 152 Å². The van der Waals surface area contributed by atoms with Gasteiger partial charge in [0.15, 0.2) is 0 Å². The van der Waals surface area contributed by atoms with Crippen LogP contribution in [0.3, 0.4) is 0 Å². The van der Waals surface area contributed by atoms with Crippen LogP contribution in [-0.4, -0.2) is 25.4 Å². The summed E-state index contributed by atoms with van der Waals surface area (Å²) in [6.07, 6.45) is 3.93. The highest BCUT2D eigenvalue weighted by Crippen LogP contribution is 2.42. The molecule has 0 saturated carbocycles. The SMILES string of the molecule is c1ccc(-n2c3ccccc3c3c4c(ccc32)c2ccccc2n4B2c3ccccc3-n3c4ccncc4c4cccc2c43)cc1. The van der Waals surface area contributed by atoms with Crippen LogP contribution in [0.25, 0.3) is 76.8 Å². The summed E-state index contributed by atoms with van der Waals surface area (Å²) >= 11 is 0. The van der Waals surface area contributed by atoms with E-state index in [-0.39, 0.29) is 6.85 Å². The van der Waals surface area contributed by atoms with E-state index in [1.807, 2.05) is 12.4 Å². The van der Waals surface area contributed by atoms with Gasteiger partial charge < -0.3 is 13.6 Å². The Morgan fingerprint density at radius 2 is 1.13 bits per heavy atom. The molecule has 10 aromatic rings. The van der Waals surface area contributed by atoms with Crippen LogP contribution in [0.1, 0.15) is 0 Å². The van der Waals surface area contributed by atoms with Crippen molar-refractivity contribution in [3.05, 3.63) is 152 Å². The topological polar surface area (TPSA) is 27.7 Å². The lowest BCUT2D eigenvalue weighted by atomic mass is 9.48. The van der Waals surface area contributed by atoms with Crippen LogP contribution in [0, 0.1) is 0 Å². The fraction of sp³-hybridized carbons (Fsp3) is 0. The van der Waals surface area contributed by atoms with E-state index in [2.05, 4.69) is 158 Å². The van der Waals surface area contributed by atoms with Crippen molar-refractivity contribution in [2.75, 3.05) is 0 Å². The molecule has 1 aliphatic heterocycles. The van der Waals surface area contributed by atoms with E-state index < -0.39 is 0 Å². The Morgan fingerprint density at radius 3 is 2.04 bits per heavy atom. The first kappa shape index (κ1) is 24.3. The summed E-state index contributed by atoms with van der Waals surface area (Å²) in [5.74, 6) is 0. The van der Waals surface area contributed by atoms with Crippen molar-refractivity contribution in [2.45, 2.75) is 0 Å². The third-order valence-corrected chi connectivity index (χ3v) is 10.2. The molecule has 4 aromatic heterocycles. The summed E-state index contributed by atoms with van der Waals surface area (Å²) in [4.78, 5) is 4.54. The molecule has 1 aliphatic rings. The number of fused-ring (bicyclic) bond motifs is 12. The summed E-state index contributed by atoms with van der Waals surface area (Å²) in [6.45, 7) is -0.0310. The second kappa shape index (κ2) is 8.77. The highest BCUT2D eigenvalue weighted by Gasteiger charge is 2.36. The van der Waals surface area contributed by atoms with E-state index >= 15 is 0 Å². The number of hydrogen-bond acceptors (Lipinski definition) is 1. The summed E-state index contributed by atoms with van der Waals surface area (Å²) in [5, 5.41) is 7.53. The Morgan fingerprint density at radius 1 is 0.435 bits per heavy atom. The molecule has 0 unspecified atom stereocenters. The van der Waals surface area contributed by atoms with Crippen molar-refractivity contribution in [1.29, 1.82) is 0 Å². The predicted octanol–water partition coefficient (Wildman–Crippen LogP) is 8.35. The van der Waals surface area contributed by atoms with Crippen LogP contribution in [-0.2, 0) is 0 Å². The lowest BCUT2D eigenvalue weighted by Gasteiger charge is -2.28. The Labute approximate surface area is 264 Å². The molecule has 0 spiro atoms. The molecule has 0 bridgehead atoms. The molecule has 0 amide bonds. The highest BCUT2D eigenvalue weighted by atomic mass is 15.0. The van der Waals surface area contributed by atoms with Gasteiger partial charge in [0.1, 0.15) is 0 Å². The zero-order valence-electron chi connectivity index (χ0n) is 24.8. The Balaban J connectivity index is 1.37. The second-order valence-electron chi connectivity index (χ2n) is 12.4. The summed E-state index contributed by atoms with van der Waals surface area (Å²) in [5.41, 5.74) is 12.4. The molecule has 11 rings (SSSR count). The molecule has 0 fully saturated rings. The fourth-order valence-electron chi connectivity index (χ4n) is 8.44. The van der Waals surface area contributed by atoms with E-state index in [1.165, 1.54) is 87.7 Å². The zero-order chi connectivity index (χ0) is 29.9. The number of aromatic nitrogens is 4. The smallest absolute Gasteiger partial charge is 0.332 e. The van der Waals surface area contributed by atoms with Gasteiger partial charge in [-0.2, -0.15) is 0 Å². The molecule has 0 aliphatic carbocycles. The van der Waals surface area contributed by atoms with Gasteiger partial charge in [-0.05, 0) is 53.4 Å². The lowest BCUT2D eigenvalue weighted by molar-refractivity contribution is 1.17. The first-order valence-corrected chi connectivity index (χ1v) is 15.8. The second-order valence-corrected chi connectivity index (χ2v) is 12.4. The van der Waals surface area contributed by atoms with Crippen LogP contribution in [0.2, 0.25) is 0 Å². The lowest BCUT2D eigenvalue weighted by Crippen LogP contribution is -2.53. The van der Waals surface area contributed by atoms with Gasteiger partial charge in [0.2, 0.25) is 0 Å². The number of nitrogens with zero attached hydrogens (tertiary/aromatic N) is 4. The van der Waals surface area contributed by atoms with E-state index in [9.17, 15) is 0 Å². The number of benzene rings is 6. The van der Waals surface area contributed by atoms with Crippen molar-refractivity contribution in [3.8, 4) is 11.4 Å². The maximum absolute atomic E-state index is 4.54. The Hall–Kier alpha value is -6.07. The van der Waals surface area contributed by atoms with Gasteiger partial charge in [-0.15, -0.1) is 0 Å². The molecule has 46 heavy (non-hydrogen) atoms. The van der Waals surface area contributed by atoms with Gasteiger partial charge in [-0.25, -0.2) is 0 Å². The number of rotatable bonds is 2. The van der Waals surface area contributed by atoms with E-state index in [4.69, 9.17) is 0 Å². The Bertz CT molecular complexity index is 2870.